The number of benzene rings is 8. The van der Waals surface area contributed by atoms with Crippen molar-refractivity contribution in [3.05, 3.63) is 240 Å². The number of aryl methyl sites for hydroxylation is 8. The minimum Gasteiger partial charge on any atom is -0.232 e. The highest BCUT2D eigenvalue weighted by Crippen LogP contribution is 2.38. The van der Waals surface area contributed by atoms with E-state index in [1.807, 2.05) is 77.1 Å². The molecule has 8 aromatic carbocycles. The molecule has 0 bridgehead atoms. The molecule has 8 rings (SSSR count). The number of nitrogens with zero attached hydrogens (tertiary/aromatic N) is 1. The molecule has 0 saturated heterocycles. The average molecular weight is 904 g/mol. The van der Waals surface area contributed by atoms with Crippen molar-refractivity contribution in [3.8, 4) is 44.5 Å². The first-order chi connectivity index (χ1) is 31.8. The molecule has 8 heteroatoms. The van der Waals surface area contributed by atoms with Crippen molar-refractivity contribution >= 4 is 5.69 Å². The second kappa shape index (κ2) is 19.7. The van der Waals surface area contributed by atoms with Crippen molar-refractivity contribution in [2.24, 2.45) is 0 Å². The van der Waals surface area contributed by atoms with Gasteiger partial charge in [-0.2, -0.15) is 0 Å². The summed E-state index contributed by atoms with van der Waals surface area (Å²) in [7, 11) is 0. The van der Waals surface area contributed by atoms with Gasteiger partial charge in [0.05, 0.1) is 6.57 Å². The molecule has 67 heavy (non-hydrogen) atoms. The summed E-state index contributed by atoms with van der Waals surface area (Å²) in [6, 6.07) is 35.4. The van der Waals surface area contributed by atoms with Crippen molar-refractivity contribution in [1.82, 2.24) is 0 Å². The molecule has 0 aliphatic rings. The molecule has 0 saturated carbocycles. The molecule has 0 fully saturated rings. The van der Waals surface area contributed by atoms with Gasteiger partial charge >= 0.3 is 0 Å². The first kappa shape index (κ1) is 47.7. The zero-order valence-corrected chi connectivity index (χ0v) is 38.6. The van der Waals surface area contributed by atoms with Crippen LogP contribution in [0, 0.1) is 103 Å². The highest BCUT2D eigenvalue weighted by molar-refractivity contribution is 5.80. The van der Waals surface area contributed by atoms with Crippen LogP contribution in [0.4, 0.5) is 36.4 Å². The average Bonchev–Trinajstić information content (AvgIpc) is 3.25. The lowest BCUT2D eigenvalue weighted by Gasteiger charge is -2.16. The predicted molar refractivity (Wildman–Crippen MR) is 257 cm³/mol. The zero-order valence-electron chi connectivity index (χ0n) is 38.6. The summed E-state index contributed by atoms with van der Waals surface area (Å²) in [5, 5.41) is 0. The fraction of sp³-hybridized carbons (Fsp3) is 0.169. The molecule has 0 heterocycles. The Morgan fingerprint density at radius 3 is 0.955 bits per heavy atom. The fourth-order valence-corrected chi connectivity index (χ4v) is 9.09. The van der Waals surface area contributed by atoms with E-state index >= 15 is 0 Å². The third-order valence-corrected chi connectivity index (χ3v) is 12.2. The quantitative estimate of drug-likeness (QED) is 0.0813. The highest BCUT2D eigenvalue weighted by atomic mass is 19.2. The lowest BCUT2D eigenvalue weighted by molar-refractivity contribution is 0.447. The van der Waals surface area contributed by atoms with Crippen LogP contribution in [0.25, 0.3) is 49.4 Å². The van der Waals surface area contributed by atoms with Gasteiger partial charge in [0.15, 0.2) is 17.5 Å². The monoisotopic (exact) mass is 903 g/mol. The molecule has 0 spiro atoms. The maximum Gasteiger partial charge on any atom is 0.256 e. The Hall–Kier alpha value is -7.24. The Kier molecular flexibility index (Phi) is 14.0. The van der Waals surface area contributed by atoms with Crippen molar-refractivity contribution in [2.45, 2.75) is 68.2 Å². The van der Waals surface area contributed by atoms with E-state index in [1.54, 1.807) is 19.9 Å². The first-order valence-corrected chi connectivity index (χ1v) is 21.8. The Balaban J connectivity index is 0.000000199. The maximum atomic E-state index is 14.2. The Bertz CT molecular complexity index is 3170. The lowest BCUT2D eigenvalue weighted by atomic mass is 9.89. The summed E-state index contributed by atoms with van der Waals surface area (Å²) < 4.78 is 96.5. The van der Waals surface area contributed by atoms with Crippen LogP contribution in [0.2, 0.25) is 0 Å². The third kappa shape index (κ3) is 10.4. The van der Waals surface area contributed by atoms with Crippen LogP contribution >= 0.6 is 0 Å². The molecule has 0 unspecified atom stereocenters. The predicted octanol–water partition coefficient (Wildman–Crippen LogP) is 17.2. The van der Waals surface area contributed by atoms with Gasteiger partial charge in [-0.25, -0.2) is 35.6 Å². The maximum absolute atomic E-state index is 14.2. The van der Waals surface area contributed by atoms with Crippen molar-refractivity contribution in [1.29, 1.82) is 0 Å². The molecule has 0 aliphatic carbocycles. The van der Waals surface area contributed by atoms with E-state index in [0.717, 1.165) is 102 Å². The number of hydrogen-bond donors (Lipinski definition) is 0. The number of rotatable bonds is 8. The summed E-state index contributed by atoms with van der Waals surface area (Å²) in [6.45, 7) is 22.2. The second-order valence-corrected chi connectivity index (χ2v) is 17.4. The van der Waals surface area contributed by atoms with Gasteiger partial charge in [0, 0.05) is 0 Å². The summed E-state index contributed by atoms with van der Waals surface area (Å²) in [5.41, 5.74) is 17.1. The van der Waals surface area contributed by atoms with Crippen LogP contribution in [-0.2, 0) is 12.8 Å². The van der Waals surface area contributed by atoms with Crippen LogP contribution < -0.4 is 0 Å². The van der Waals surface area contributed by atoms with Crippen molar-refractivity contribution in [2.75, 3.05) is 0 Å². The molecule has 8 aromatic rings. The SMILES string of the molecule is Cc1cc(Cc2ccc(-c3cc(C)c(-c4cc(F)c(F)c(F)c4)c(C)c3)c(C)c2)ccc1F.[C-]#[N+]c1c(F)cc(-c2c(C)cc(-c3ccc(Cc4ccc(F)c(C)c4)cc3C)cc2C)cc1F. The van der Waals surface area contributed by atoms with E-state index in [2.05, 4.69) is 48.2 Å². The second-order valence-electron chi connectivity index (χ2n) is 17.4. The Morgan fingerprint density at radius 2 is 0.642 bits per heavy atom. The number of halogens is 7. The van der Waals surface area contributed by atoms with Gasteiger partial charge in [-0.05, 0) is 216 Å². The first-order valence-electron chi connectivity index (χ1n) is 21.8. The van der Waals surface area contributed by atoms with Crippen LogP contribution in [0.3, 0.4) is 0 Å². The summed E-state index contributed by atoms with van der Waals surface area (Å²) in [5.74, 6) is -5.96. The van der Waals surface area contributed by atoms with Crippen LogP contribution in [0.1, 0.15) is 66.8 Å². The zero-order chi connectivity index (χ0) is 48.4. The largest absolute Gasteiger partial charge is 0.256 e. The molecule has 0 amide bonds. The highest BCUT2D eigenvalue weighted by Gasteiger charge is 2.18. The molecule has 1 nitrogen and oxygen atoms in total. The molecule has 0 aliphatic heterocycles. The van der Waals surface area contributed by atoms with E-state index < -0.39 is 34.8 Å². The van der Waals surface area contributed by atoms with Gasteiger partial charge in [0.2, 0.25) is 0 Å². The minimum absolute atomic E-state index is 0.197. The van der Waals surface area contributed by atoms with E-state index in [-0.39, 0.29) is 11.6 Å². The fourth-order valence-electron chi connectivity index (χ4n) is 9.09. The van der Waals surface area contributed by atoms with Gasteiger partial charge in [-0.3, -0.25) is 0 Å². The summed E-state index contributed by atoms with van der Waals surface area (Å²) >= 11 is 0. The van der Waals surface area contributed by atoms with Gasteiger partial charge in [-0.1, -0.05) is 84.9 Å². The van der Waals surface area contributed by atoms with Crippen molar-refractivity contribution < 1.29 is 30.7 Å². The number of hydrogen-bond acceptors (Lipinski definition) is 0. The Morgan fingerprint density at radius 1 is 0.328 bits per heavy atom. The van der Waals surface area contributed by atoms with Gasteiger partial charge < -0.3 is 0 Å². The molecular weight excluding hydrogens is 856 g/mol. The van der Waals surface area contributed by atoms with Crippen LogP contribution in [0.5, 0.6) is 0 Å². The molecule has 0 atom stereocenters. The van der Waals surface area contributed by atoms with Gasteiger partial charge in [-0.15, -0.1) is 0 Å². The molecule has 338 valence electrons. The summed E-state index contributed by atoms with van der Waals surface area (Å²) in [4.78, 5) is 2.94. The van der Waals surface area contributed by atoms with Gasteiger partial charge in [0.1, 0.15) is 23.3 Å². The smallest absolute Gasteiger partial charge is 0.232 e. The third-order valence-electron chi connectivity index (χ3n) is 12.2. The van der Waals surface area contributed by atoms with Crippen LogP contribution in [-0.4, -0.2) is 0 Å². The molecular formula is C59H48F7N. The van der Waals surface area contributed by atoms with Crippen molar-refractivity contribution in [3.63, 3.8) is 0 Å². The normalized spacial score (nSPS) is 11.0. The molecule has 0 aromatic heterocycles. The van der Waals surface area contributed by atoms with E-state index in [1.165, 1.54) is 24.3 Å². The van der Waals surface area contributed by atoms with Gasteiger partial charge in [0.25, 0.3) is 5.69 Å². The van der Waals surface area contributed by atoms with E-state index in [9.17, 15) is 30.7 Å². The topological polar surface area (TPSA) is 4.36 Å². The van der Waals surface area contributed by atoms with E-state index in [4.69, 9.17) is 6.57 Å². The molecule has 0 radical (unpaired) electrons. The Labute approximate surface area is 388 Å². The summed E-state index contributed by atoms with van der Waals surface area (Å²) in [6.07, 6.45) is 1.43. The molecule has 0 N–H and O–H groups in total. The van der Waals surface area contributed by atoms with Crippen LogP contribution in [0.15, 0.2) is 121 Å². The minimum atomic E-state index is -1.46. The lowest BCUT2D eigenvalue weighted by Crippen LogP contribution is -1.97. The standard InChI is InChI=1S/C30H24F3N.C29H24F4/c1-17-10-21(14-22-7-9-26(31)18(2)11-22)6-8-25(17)23-12-19(3)29(20(4)13-23)24-15-27(32)30(34-5)28(33)16-24;1-16-9-20(13-21-6-8-25(30)17(2)10-21)5-7-24(16)22-11-18(3)28(19(4)12-22)23-14-26(31)29(33)27(32)15-23/h6-13,15-16H,14H2,1-4H3;5-12,14-15H,13H2,1-4H3. The van der Waals surface area contributed by atoms with E-state index in [0.29, 0.717) is 34.2 Å².